The molecule has 8 heteroatoms. The number of hydrogen-bond donors (Lipinski definition) is 3. The lowest BCUT2D eigenvalue weighted by Gasteiger charge is -2.18. The van der Waals surface area contributed by atoms with Crippen molar-refractivity contribution in [1.82, 2.24) is 9.71 Å². The van der Waals surface area contributed by atoms with E-state index in [1.165, 1.54) is 12.3 Å². The Morgan fingerprint density at radius 1 is 1.39 bits per heavy atom. The summed E-state index contributed by atoms with van der Waals surface area (Å²) in [5.41, 5.74) is 2.28. The van der Waals surface area contributed by atoms with E-state index in [1.54, 1.807) is 0 Å². The minimum atomic E-state index is -3.65. The van der Waals surface area contributed by atoms with Crippen molar-refractivity contribution in [3.8, 4) is 0 Å². The summed E-state index contributed by atoms with van der Waals surface area (Å²) < 4.78 is 27.6. The first kappa shape index (κ1) is 15.4. The summed E-state index contributed by atoms with van der Waals surface area (Å²) in [6.07, 6.45) is 1.47. The SMILES string of the molecule is CC(C)C(C)NS(=O)(=O)c1cc(Br)cnc1NN. The van der Waals surface area contributed by atoms with Gasteiger partial charge < -0.3 is 5.43 Å². The van der Waals surface area contributed by atoms with Gasteiger partial charge in [0, 0.05) is 16.7 Å². The number of pyridine rings is 1. The third kappa shape index (κ3) is 3.64. The zero-order valence-corrected chi connectivity index (χ0v) is 12.8. The van der Waals surface area contributed by atoms with Crippen LogP contribution in [0.2, 0.25) is 0 Å². The van der Waals surface area contributed by atoms with Gasteiger partial charge in [-0.15, -0.1) is 0 Å². The van der Waals surface area contributed by atoms with Crippen molar-refractivity contribution in [2.24, 2.45) is 11.8 Å². The Hall–Kier alpha value is -0.700. The van der Waals surface area contributed by atoms with E-state index in [-0.39, 0.29) is 22.7 Å². The van der Waals surface area contributed by atoms with Crippen molar-refractivity contribution < 1.29 is 8.42 Å². The molecule has 0 saturated heterocycles. The average molecular weight is 337 g/mol. The predicted octanol–water partition coefficient (Wildman–Crippen LogP) is 1.45. The Kier molecular flexibility index (Phi) is 5.09. The smallest absolute Gasteiger partial charge is 0.244 e. The molecule has 0 aliphatic heterocycles. The van der Waals surface area contributed by atoms with Gasteiger partial charge in [0.15, 0.2) is 5.82 Å². The second kappa shape index (κ2) is 5.96. The second-order valence-corrected chi connectivity index (χ2v) is 6.90. The number of nitrogens with two attached hydrogens (primary N) is 1. The van der Waals surface area contributed by atoms with Gasteiger partial charge in [0.25, 0.3) is 0 Å². The molecule has 0 amide bonds. The quantitative estimate of drug-likeness (QED) is 0.558. The summed E-state index contributed by atoms with van der Waals surface area (Å²) in [5, 5.41) is 0. The van der Waals surface area contributed by atoms with Crippen LogP contribution in [0.1, 0.15) is 20.8 Å². The van der Waals surface area contributed by atoms with Crippen molar-refractivity contribution in [2.75, 3.05) is 5.43 Å². The third-order valence-electron chi connectivity index (χ3n) is 2.59. The largest absolute Gasteiger partial charge is 0.307 e. The van der Waals surface area contributed by atoms with Crippen LogP contribution >= 0.6 is 15.9 Å². The monoisotopic (exact) mass is 336 g/mol. The molecule has 1 heterocycles. The van der Waals surface area contributed by atoms with Crippen molar-refractivity contribution in [2.45, 2.75) is 31.7 Å². The third-order valence-corrected chi connectivity index (χ3v) is 4.59. The number of rotatable bonds is 5. The highest BCUT2D eigenvalue weighted by atomic mass is 79.9. The number of nitrogens with zero attached hydrogens (tertiary/aromatic N) is 1. The lowest BCUT2D eigenvalue weighted by atomic mass is 10.1. The molecule has 1 aromatic rings. The van der Waals surface area contributed by atoms with E-state index in [1.807, 2.05) is 20.8 Å². The molecule has 1 aromatic heterocycles. The fourth-order valence-corrected chi connectivity index (χ4v) is 3.20. The maximum atomic E-state index is 12.2. The summed E-state index contributed by atoms with van der Waals surface area (Å²) in [5.74, 6) is 5.57. The van der Waals surface area contributed by atoms with Gasteiger partial charge in [-0.3, -0.25) is 0 Å². The van der Waals surface area contributed by atoms with Crippen LogP contribution in [0, 0.1) is 5.92 Å². The normalized spacial score (nSPS) is 13.7. The van der Waals surface area contributed by atoms with Crippen LogP contribution < -0.4 is 16.0 Å². The van der Waals surface area contributed by atoms with Crippen LogP contribution in [0.25, 0.3) is 0 Å². The minimum absolute atomic E-state index is 0.0203. The number of nitrogen functional groups attached to an aromatic ring is 1. The average Bonchev–Trinajstić information content (AvgIpc) is 2.28. The summed E-state index contributed by atoms with van der Waals surface area (Å²) >= 11 is 3.19. The molecular formula is C10H17BrN4O2S. The molecule has 0 aliphatic rings. The first-order chi connectivity index (χ1) is 8.27. The van der Waals surface area contributed by atoms with Crippen molar-refractivity contribution in [3.63, 3.8) is 0 Å². The van der Waals surface area contributed by atoms with Crippen LogP contribution in [-0.4, -0.2) is 19.4 Å². The molecule has 18 heavy (non-hydrogen) atoms. The number of aromatic nitrogens is 1. The minimum Gasteiger partial charge on any atom is -0.307 e. The number of anilines is 1. The topological polar surface area (TPSA) is 97.1 Å². The standard InChI is InChI=1S/C10H17BrN4O2S/c1-6(2)7(3)15-18(16,17)9-4-8(11)5-13-10(9)14-12/h4-7,15H,12H2,1-3H3,(H,13,14). The van der Waals surface area contributed by atoms with Crippen molar-refractivity contribution >= 4 is 31.8 Å². The maximum absolute atomic E-state index is 12.2. The van der Waals surface area contributed by atoms with Gasteiger partial charge in [0.2, 0.25) is 10.0 Å². The highest BCUT2D eigenvalue weighted by Gasteiger charge is 2.23. The molecular weight excluding hydrogens is 320 g/mol. The van der Waals surface area contributed by atoms with E-state index < -0.39 is 10.0 Å². The summed E-state index contributed by atoms with van der Waals surface area (Å²) in [4.78, 5) is 3.93. The lowest BCUT2D eigenvalue weighted by molar-refractivity contribution is 0.476. The van der Waals surface area contributed by atoms with Crippen LogP contribution in [0.3, 0.4) is 0 Å². The molecule has 0 aliphatic carbocycles. The molecule has 0 spiro atoms. The maximum Gasteiger partial charge on any atom is 0.244 e. The molecule has 0 aromatic carbocycles. The van der Waals surface area contributed by atoms with Gasteiger partial charge in [-0.1, -0.05) is 13.8 Å². The number of sulfonamides is 1. The molecule has 6 nitrogen and oxygen atoms in total. The zero-order valence-electron chi connectivity index (χ0n) is 10.4. The molecule has 102 valence electrons. The van der Waals surface area contributed by atoms with Gasteiger partial charge in [-0.05, 0) is 34.8 Å². The Balaban J connectivity index is 3.15. The molecule has 4 N–H and O–H groups in total. The number of hydrazine groups is 1. The summed E-state index contributed by atoms with van der Waals surface area (Å²) in [6.45, 7) is 5.69. The molecule has 0 saturated carbocycles. The van der Waals surface area contributed by atoms with Gasteiger partial charge >= 0.3 is 0 Å². The van der Waals surface area contributed by atoms with Crippen LogP contribution in [0.15, 0.2) is 21.6 Å². The van der Waals surface area contributed by atoms with Crippen LogP contribution in [0.5, 0.6) is 0 Å². The molecule has 0 fully saturated rings. The van der Waals surface area contributed by atoms with Gasteiger partial charge in [-0.25, -0.2) is 24.0 Å². The number of hydrogen-bond acceptors (Lipinski definition) is 5. The molecule has 0 bridgehead atoms. The van der Waals surface area contributed by atoms with E-state index in [9.17, 15) is 8.42 Å². The highest BCUT2D eigenvalue weighted by Crippen LogP contribution is 2.22. The Labute approximate surface area is 116 Å². The van der Waals surface area contributed by atoms with E-state index in [2.05, 4.69) is 31.1 Å². The van der Waals surface area contributed by atoms with Crippen molar-refractivity contribution in [1.29, 1.82) is 0 Å². The molecule has 1 unspecified atom stereocenters. The first-order valence-corrected chi connectivity index (χ1v) is 7.70. The van der Waals surface area contributed by atoms with Gasteiger partial charge in [-0.2, -0.15) is 0 Å². The lowest BCUT2D eigenvalue weighted by Crippen LogP contribution is -2.36. The Morgan fingerprint density at radius 3 is 2.50 bits per heavy atom. The van der Waals surface area contributed by atoms with E-state index >= 15 is 0 Å². The first-order valence-electron chi connectivity index (χ1n) is 5.42. The fourth-order valence-electron chi connectivity index (χ4n) is 1.18. The van der Waals surface area contributed by atoms with Gasteiger partial charge in [0.05, 0.1) is 0 Å². The van der Waals surface area contributed by atoms with E-state index in [0.29, 0.717) is 4.47 Å². The summed E-state index contributed by atoms with van der Waals surface area (Å²) in [7, 11) is -3.65. The van der Waals surface area contributed by atoms with Gasteiger partial charge in [0.1, 0.15) is 4.90 Å². The Morgan fingerprint density at radius 2 is 2.00 bits per heavy atom. The zero-order chi connectivity index (χ0) is 13.9. The molecule has 1 rings (SSSR count). The highest BCUT2D eigenvalue weighted by molar-refractivity contribution is 9.10. The Bertz CT molecular complexity index is 519. The van der Waals surface area contributed by atoms with Crippen LogP contribution in [0.4, 0.5) is 5.82 Å². The number of nitrogens with one attached hydrogen (secondary N) is 2. The summed E-state index contributed by atoms with van der Waals surface area (Å²) in [6, 6.07) is 1.28. The molecule has 1 atom stereocenters. The van der Waals surface area contributed by atoms with E-state index in [0.717, 1.165) is 0 Å². The van der Waals surface area contributed by atoms with Crippen LogP contribution in [-0.2, 0) is 10.0 Å². The van der Waals surface area contributed by atoms with E-state index in [4.69, 9.17) is 5.84 Å². The second-order valence-electron chi connectivity index (χ2n) is 4.30. The number of halogens is 1. The predicted molar refractivity (Wildman–Crippen MR) is 74.4 cm³/mol. The van der Waals surface area contributed by atoms with Crippen molar-refractivity contribution in [3.05, 3.63) is 16.7 Å². The fraction of sp³-hybridized carbons (Fsp3) is 0.500. The molecule has 0 radical (unpaired) electrons.